The van der Waals surface area contributed by atoms with E-state index >= 15 is 0 Å². The fourth-order valence-corrected chi connectivity index (χ4v) is 4.46. The van der Waals surface area contributed by atoms with Crippen molar-refractivity contribution in [3.63, 3.8) is 0 Å². The van der Waals surface area contributed by atoms with Gasteiger partial charge in [-0.05, 0) is 49.2 Å². The van der Waals surface area contributed by atoms with Gasteiger partial charge >= 0.3 is 0 Å². The third kappa shape index (κ3) is 3.71. The lowest BCUT2D eigenvalue weighted by Gasteiger charge is -2.25. The van der Waals surface area contributed by atoms with Gasteiger partial charge in [0.2, 0.25) is 0 Å². The lowest BCUT2D eigenvalue weighted by atomic mass is 10.1. The molecule has 0 aliphatic carbocycles. The Bertz CT molecular complexity index is 848. The average molecular weight is 370 g/mol. The van der Waals surface area contributed by atoms with Gasteiger partial charge in [0.05, 0.1) is 17.3 Å². The van der Waals surface area contributed by atoms with E-state index in [1.54, 1.807) is 6.07 Å². The topological polar surface area (TPSA) is 37.4 Å². The molecule has 0 aliphatic rings. The Kier molecular flexibility index (Phi) is 5.40. The van der Waals surface area contributed by atoms with Gasteiger partial charge in [0.15, 0.2) is 0 Å². The number of sulfonamides is 1. The molecule has 0 unspecified atom stereocenters. The van der Waals surface area contributed by atoms with Crippen molar-refractivity contribution < 1.29 is 8.42 Å². The smallest absolute Gasteiger partial charge is 0.262 e. The summed E-state index contributed by atoms with van der Waals surface area (Å²) in [6.07, 6.45) is 1.54. The fourth-order valence-electron chi connectivity index (χ4n) is 2.22. The van der Waals surface area contributed by atoms with E-state index in [4.69, 9.17) is 23.2 Å². The molecular formula is C17H17Cl2NO2S. The molecule has 6 heteroatoms. The third-order valence-corrected chi connectivity index (χ3v) is 5.89. The second-order valence-corrected chi connectivity index (χ2v) is 7.86. The van der Waals surface area contributed by atoms with Crippen LogP contribution in [0, 0.1) is 13.8 Å². The minimum Gasteiger partial charge on any atom is -0.262 e. The van der Waals surface area contributed by atoms with Crippen molar-refractivity contribution in [3.8, 4) is 0 Å². The van der Waals surface area contributed by atoms with Crippen molar-refractivity contribution in [1.29, 1.82) is 0 Å². The largest absolute Gasteiger partial charge is 0.266 e. The second kappa shape index (κ2) is 6.95. The molecule has 0 amide bonds. The Morgan fingerprint density at radius 3 is 2.48 bits per heavy atom. The van der Waals surface area contributed by atoms with Gasteiger partial charge in [-0.25, -0.2) is 8.42 Å². The van der Waals surface area contributed by atoms with Crippen LogP contribution in [-0.2, 0) is 10.0 Å². The molecule has 0 fully saturated rings. The number of hydrogen-bond acceptors (Lipinski definition) is 2. The summed E-state index contributed by atoms with van der Waals surface area (Å²) in [5.74, 6) is 0. The lowest BCUT2D eigenvalue weighted by molar-refractivity contribution is 0.593. The van der Waals surface area contributed by atoms with E-state index in [0.717, 1.165) is 11.1 Å². The first-order chi connectivity index (χ1) is 10.8. The van der Waals surface area contributed by atoms with Crippen LogP contribution in [0.1, 0.15) is 11.1 Å². The van der Waals surface area contributed by atoms with Gasteiger partial charge < -0.3 is 0 Å². The number of hydrogen-bond donors (Lipinski definition) is 0. The molecule has 0 heterocycles. The Balaban J connectivity index is 2.67. The number of rotatable bonds is 5. The normalized spacial score (nSPS) is 11.3. The maximum Gasteiger partial charge on any atom is 0.266 e. The van der Waals surface area contributed by atoms with Crippen LogP contribution in [0.15, 0.2) is 53.9 Å². The highest BCUT2D eigenvalue weighted by Gasteiger charge is 2.27. The molecule has 122 valence electrons. The summed E-state index contributed by atoms with van der Waals surface area (Å²) in [6.45, 7) is 7.57. The summed E-state index contributed by atoms with van der Waals surface area (Å²) in [7, 11) is -3.86. The number of anilines is 1. The van der Waals surface area contributed by atoms with Crippen molar-refractivity contribution in [2.45, 2.75) is 18.7 Å². The van der Waals surface area contributed by atoms with Crippen molar-refractivity contribution >= 4 is 38.9 Å². The van der Waals surface area contributed by atoms with E-state index in [1.165, 1.54) is 22.5 Å². The maximum absolute atomic E-state index is 13.1. The number of benzene rings is 2. The van der Waals surface area contributed by atoms with Crippen LogP contribution in [0.5, 0.6) is 0 Å². The maximum atomic E-state index is 13.1. The predicted molar refractivity (Wildman–Crippen MR) is 97.1 cm³/mol. The van der Waals surface area contributed by atoms with E-state index < -0.39 is 10.0 Å². The van der Waals surface area contributed by atoms with Crippen LogP contribution in [0.4, 0.5) is 5.69 Å². The van der Waals surface area contributed by atoms with Crippen LogP contribution in [0.25, 0.3) is 0 Å². The number of halogens is 2. The lowest BCUT2D eigenvalue weighted by Crippen LogP contribution is -2.32. The van der Waals surface area contributed by atoms with Gasteiger partial charge in [0, 0.05) is 5.02 Å². The molecular weight excluding hydrogens is 353 g/mol. The molecule has 0 spiro atoms. The molecule has 3 nitrogen and oxygen atoms in total. The van der Waals surface area contributed by atoms with E-state index in [0.29, 0.717) is 10.7 Å². The molecule has 0 aliphatic heterocycles. The molecule has 0 radical (unpaired) electrons. The zero-order chi connectivity index (χ0) is 17.2. The van der Waals surface area contributed by atoms with Crippen molar-refractivity contribution in [3.05, 3.63) is 70.2 Å². The zero-order valence-electron chi connectivity index (χ0n) is 12.9. The Labute approximate surface area is 147 Å². The summed E-state index contributed by atoms with van der Waals surface area (Å²) in [5, 5.41) is 0.446. The Morgan fingerprint density at radius 1 is 1.13 bits per heavy atom. The van der Waals surface area contributed by atoms with Crippen LogP contribution >= 0.6 is 23.2 Å². The van der Waals surface area contributed by atoms with E-state index in [9.17, 15) is 8.42 Å². The van der Waals surface area contributed by atoms with Crippen molar-refractivity contribution in [1.82, 2.24) is 0 Å². The molecule has 0 N–H and O–H groups in total. The van der Waals surface area contributed by atoms with Crippen molar-refractivity contribution in [2.24, 2.45) is 0 Å². The minimum absolute atomic E-state index is 0.0191. The zero-order valence-corrected chi connectivity index (χ0v) is 15.2. The molecule has 0 aromatic heterocycles. The summed E-state index contributed by atoms with van der Waals surface area (Å²) >= 11 is 12.0. The molecule has 0 saturated carbocycles. The standard InChI is InChI=1S/C17H17Cl2NO2S/c1-4-9-20(16-10-12(2)5-6-13(16)3)23(21,22)17-11-14(18)7-8-15(17)19/h4-8,10-11H,1,9H2,2-3H3. The first kappa shape index (κ1) is 17.9. The number of aryl methyl sites for hydroxylation is 2. The van der Waals surface area contributed by atoms with E-state index in [-0.39, 0.29) is 16.5 Å². The van der Waals surface area contributed by atoms with Gasteiger partial charge in [-0.1, -0.05) is 41.4 Å². The van der Waals surface area contributed by atoms with Gasteiger partial charge in [-0.2, -0.15) is 0 Å². The summed E-state index contributed by atoms with van der Waals surface area (Å²) in [6, 6.07) is 10.0. The molecule has 0 saturated heterocycles. The highest BCUT2D eigenvalue weighted by atomic mass is 35.5. The molecule has 2 aromatic carbocycles. The minimum atomic E-state index is -3.86. The van der Waals surface area contributed by atoms with Crippen LogP contribution in [0.3, 0.4) is 0 Å². The summed E-state index contributed by atoms with van der Waals surface area (Å²) < 4.78 is 27.5. The number of nitrogens with zero attached hydrogens (tertiary/aromatic N) is 1. The first-order valence-electron chi connectivity index (χ1n) is 6.93. The highest BCUT2D eigenvalue weighted by Crippen LogP contribution is 2.32. The molecule has 0 atom stereocenters. The van der Waals surface area contributed by atoms with E-state index in [2.05, 4.69) is 6.58 Å². The summed E-state index contributed by atoms with van der Waals surface area (Å²) in [4.78, 5) is -0.0191. The van der Waals surface area contributed by atoms with Gasteiger partial charge in [-0.15, -0.1) is 6.58 Å². The molecule has 0 bridgehead atoms. The second-order valence-electron chi connectivity index (χ2n) is 5.19. The average Bonchev–Trinajstić information content (AvgIpc) is 2.49. The van der Waals surface area contributed by atoms with Gasteiger partial charge in [0.25, 0.3) is 10.0 Å². The SMILES string of the molecule is C=CCN(c1cc(C)ccc1C)S(=O)(=O)c1cc(Cl)ccc1Cl. The first-order valence-corrected chi connectivity index (χ1v) is 9.13. The van der Waals surface area contributed by atoms with Gasteiger partial charge in [-0.3, -0.25) is 4.31 Å². The molecule has 2 aromatic rings. The monoisotopic (exact) mass is 369 g/mol. The van der Waals surface area contributed by atoms with Gasteiger partial charge in [0.1, 0.15) is 4.90 Å². The van der Waals surface area contributed by atoms with Crippen molar-refractivity contribution in [2.75, 3.05) is 10.8 Å². The Morgan fingerprint density at radius 2 is 1.83 bits per heavy atom. The quantitative estimate of drug-likeness (QED) is 0.696. The third-order valence-electron chi connectivity index (χ3n) is 3.39. The van der Waals surface area contributed by atoms with E-state index in [1.807, 2.05) is 32.0 Å². The van der Waals surface area contributed by atoms with Crippen LogP contribution < -0.4 is 4.31 Å². The van der Waals surface area contributed by atoms with Crippen LogP contribution in [-0.4, -0.2) is 15.0 Å². The fraction of sp³-hybridized carbons (Fsp3) is 0.176. The predicted octanol–water partition coefficient (Wildman–Crippen LogP) is 4.99. The molecule has 2 rings (SSSR count). The van der Waals surface area contributed by atoms with Crippen LogP contribution in [0.2, 0.25) is 10.0 Å². The molecule has 23 heavy (non-hydrogen) atoms. The highest BCUT2D eigenvalue weighted by molar-refractivity contribution is 7.93. The summed E-state index contributed by atoms with van der Waals surface area (Å²) in [5.41, 5.74) is 2.41. The Hall–Kier alpha value is -1.49.